The van der Waals surface area contributed by atoms with Gasteiger partial charge in [0.05, 0.1) is 0 Å². The maximum absolute atomic E-state index is 13.7. The molecule has 1 atom stereocenters. The molecule has 0 fully saturated rings. The Labute approximate surface area is 124 Å². The van der Waals surface area contributed by atoms with Gasteiger partial charge in [0.25, 0.3) is 0 Å². The molecule has 4 heteroatoms. The van der Waals surface area contributed by atoms with Crippen molar-refractivity contribution in [3.05, 3.63) is 58.9 Å². The summed E-state index contributed by atoms with van der Waals surface area (Å²) in [6.07, 6.45) is 0.612. The highest BCUT2D eigenvalue weighted by atomic mass is 19.1. The van der Waals surface area contributed by atoms with Crippen LogP contribution >= 0.6 is 0 Å². The van der Waals surface area contributed by atoms with Crippen LogP contribution in [0, 0.1) is 12.7 Å². The zero-order valence-electron chi connectivity index (χ0n) is 12.3. The zero-order valence-corrected chi connectivity index (χ0v) is 12.3. The molecule has 3 N–H and O–H groups in total. The van der Waals surface area contributed by atoms with Crippen molar-refractivity contribution in [1.29, 1.82) is 0 Å². The molecule has 2 rings (SSSR count). The van der Waals surface area contributed by atoms with Crippen molar-refractivity contribution in [2.75, 3.05) is 6.61 Å². The molecule has 0 saturated heterocycles. The Morgan fingerprint density at radius 2 is 1.90 bits per heavy atom. The second-order valence-corrected chi connectivity index (χ2v) is 5.15. The van der Waals surface area contributed by atoms with E-state index >= 15 is 0 Å². The lowest BCUT2D eigenvalue weighted by Crippen LogP contribution is -2.08. The maximum Gasteiger partial charge on any atom is 0.132 e. The molecule has 0 radical (unpaired) electrons. The molecule has 21 heavy (non-hydrogen) atoms. The third-order valence-corrected chi connectivity index (χ3v) is 3.33. The summed E-state index contributed by atoms with van der Waals surface area (Å²) >= 11 is 0. The number of nitrogens with two attached hydrogens (primary N) is 1. The summed E-state index contributed by atoms with van der Waals surface area (Å²) in [5.41, 5.74) is 8.07. The molecule has 0 bridgehead atoms. The van der Waals surface area contributed by atoms with Crippen LogP contribution in [0.3, 0.4) is 0 Å². The van der Waals surface area contributed by atoms with Gasteiger partial charge in [0.15, 0.2) is 0 Å². The Bertz CT molecular complexity index is 609. The molecule has 2 aromatic rings. The van der Waals surface area contributed by atoms with Crippen molar-refractivity contribution in [1.82, 2.24) is 0 Å². The van der Waals surface area contributed by atoms with Crippen LogP contribution in [0.5, 0.6) is 11.5 Å². The van der Waals surface area contributed by atoms with E-state index in [0.717, 1.165) is 5.56 Å². The minimum Gasteiger partial charge on any atom is -0.457 e. The SMILES string of the molecule is Cc1cc(Oc2ccc(CCO)cc2)c([C@@H](C)N)cc1F. The molecule has 0 aliphatic carbocycles. The van der Waals surface area contributed by atoms with E-state index in [0.29, 0.717) is 29.0 Å². The van der Waals surface area contributed by atoms with Gasteiger partial charge in [0, 0.05) is 18.2 Å². The maximum atomic E-state index is 13.7. The first kappa shape index (κ1) is 15.5. The van der Waals surface area contributed by atoms with E-state index in [1.165, 1.54) is 6.07 Å². The number of hydrogen-bond acceptors (Lipinski definition) is 3. The Morgan fingerprint density at radius 3 is 2.48 bits per heavy atom. The molecule has 0 aromatic heterocycles. The summed E-state index contributed by atoms with van der Waals surface area (Å²) in [6.45, 7) is 3.60. The fourth-order valence-electron chi connectivity index (χ4n) is 2.09. The number of aliphatic hydroxyl groups is 1. The number of halogens is 1. The Hall–Kier alpha value is -1.91. The number of ether oxygens (including phenoxy) is 1. The summed E-state index contributed by atoms with van der Waals surface area (Å²) in [5, 5.41) is 8.90. The van der Waals surface area contributed by atoms with Crippen molar-refractivity contribution in [2.24, 2.45) is 5.73 Å². The highest BCUT2D eigenvalue weighted by molar-refractivity contribution is 5.43. The number of benzene rings is 2. The van der Waals surface area contributed by atoms with Gasteiger partial charge in [-0.3, -0.25) is 0 Å². The Morgan fingerprint density at radius 1 is 1.24 bits per heavy atom. The van der Waals surface area contributed by atoms with Crippen molar-refractivity contribution in [2.45, 2.75) is 26.3 Å². The van der Waals surface area contributed by atoms with E-state index in [-0.39, 0.29) is 18.5 Å². The van der Waals surface area contributed by atoms with Crippen molar-refractivity contribution >= 4 is 0 Å². The van der Waals surface area contributed by atoms with E-state index in [9.17, 15) is 4.39 Å². The first-order chi connectivity index (χ1) is 10.0. The number of hydrogen-bond donors (Lipinski definition) is 2. The minimum absolute atomic E-state index is 0.117. The van der Waals surface area contributed by atoms with Crippen LogP contribution in [0.2, 0.25) is 0 Å². The molecular weight excluding hydrogens is 269 g/mol. The second-order valence-electron chi connectivity index (χ2n) is 5.15. The van der Waals surface area contributed by atoms with Gasteiger partial charge in [0.2, 0.25) is 0 Å². The first-order valence-corrected chi connectivity index (χ1v) is 6.94. The van der Waals surface area contributed by atoms with Crippen LogP contribution in [0.4, 0.5) is 4.39 Å². The largest absolute Gasteiger partial charge is 0.457 e. The van der Waals surface area contributed by atoms with Gasteiger partial charge in [-0.2, -0.15) is 0 Å². The molecular formula is C17H20FNO2. The van der Waals surface area contributed by atoms with E-state index in [1.54, 1.807) is 19.9 Å². The second kappa shape index (κ2) is 6.70. The molecule has 0 aliphatic rings. The summed E-state index contributed by atoms with van der Waals surface area (Å²) < 4.78 is 19.5. The van der Waals surface area contributed by atoms with Gasteiger partial charge < -0.3 is 15.6 Å². The molecule has 0 saturated carbocycles. The Kier molecular flexibility index (Phi) is 4.94. The normalized spacial score (nSPS) is 12.2. The van der Waals surface area contributed by atoms with Crippen molar-refractivity contribution in [3.63, 3.8) is 0 Å². The van der Waals surface area contributed by atoms with Crippen molar-refractivity contribution in [3.8, 4) is 11.5 Å². The van der Waals surface area contributed by atoms with Gasteiger partial charge in [-0.05, 0) is 55.7 Å². The number of aliphatic hydroxyl groups excluding tert-OH is 1. The third kappa shape index (κ3) is 3.80. The molecule has 0 unspecified atom stereocenters. The van der Waals surface area contributed by atoms with Gasteiger partial charge in [-0.15, -0.1) is 0 Å². The van der Waals surface area contributed by atoms with E-state index < -0.39 is 0 Å². The predicted molar refractivity (Wildman–Crippen MR) is 81.0 cm³/mol. The van der Waals surface area contributed by atoms with Gasteiger partial charge in [0.1, 0.15) is 17.3 Å². The molecule has 0 aliphatic heterocycles. The van der Waals surface area contributed by atoms with Crippen LogP contribution < -0.4 is 10.5 Å². The number of rotatable bonds is 5. The lowest BCUT2D eigenvalue weighted by molar-refractivity contribution is 0.299. The standard InChI is InChI=1S/C17H20FNO2/c1-11-9-17(15(12(2)19)10-16(11)18)21-14-5-3-13(4-6-14)7-8-20/h3-6,9-10,12,20H,7-8,19H2,1-2H3/t12-/m1/s1. The van der Waals surface area contributed by atoms with E-state index in [4.69, 9.17) is 15.6 Å². The highest BCUT2D eigenvalue weighted by Crippen LogP contribution is 2.31. The van der Waals surface area contributed by atoms with Crippen LogP contribution in [-0.4, -0.2) is 11.7 Å². The van der Waals surface area contributed by atoms with Gasteiger partial charge in [-0.25, -0.2) is 4.39 Å². The first-order valence-electron chi connectivity index (χ1n) is 6.94. The topological polar surface area (TPSA) is 55.5 Å². The summed E-state index contributed by atoms with van der Waals surface area (Å²) in [4.78, 5) is 0. The van der Waals surface area contributed by atoms with Gasteiger partial charge in [-0.1, -0.05) is 12.1 Å². The van der Waals surface area contributed by atoms with Crippen molar-refractivity contribution < 1.29 is 14.2 Å². The quantitative estimate of drug-likeness (QED) is 0.886. The van der Waals surface area contributed by atoms with E-state index in [2.05, 4.69) is 0 Å². The fourth-order valence-corrected chi connectivity index (χ4v) is 2.09. The molecule has 3 nitrogen and oxygen atoms in total. The molecule has 2 aromatic carbocycles. The van der Waals surface area contributed by atoms with Crippen LogP contribution in [-0.2, 0) is 6.42 Å². The average Bonchev–Trinajstić information content (AvgIpc) is 2.44. The molecule has 112 valence electrons. The predicted octanol–water partition coefficient (Wildman–Crippen LogP) is 3.48. The van der Waals surface area contributed by atoms with E-state index in [1.807, 2.05) is 24.3 Å². The monoisotopic (exact) mass is 289 g/mol. The molecule has 0 amide bonds. The fraction of sp³-hybridized carbons (Fsp3) is 0.294. The van der Waals surface area contributed by atoms with Crippen LogP contribution in [0.25, 0.3) is 0 Å². The summed E-state index contributed by atoms with van der Waals surface area (Å²) in [6, 6.07) is 10.2. The lowest BCUT2D eigenvalue weighted by atomic mass is 10.0. The van der Waals surface area contributed by atoms with Crippen LogP contribution in [0.15, 0.2) is 36.4 Å². The minimum atomic E-state index is -0.316. The Balaban J connectivity index is 2.28. The average molecular weight is 289 g/mol. The molecule has 0 heterocycles. The third-order valence-electron chi connectivity index (χ3n) is 3.33. The smallest absolute Gasteiger partial charge is 0.132 e. The number of aryl methyl sites for hydroxylation is 1. The summed E-state index contributed by atoms with van der Waals surface area (Å²) in [7, 11) is 0. The molecule has 0 spiro atoms. The summed E-state index contributed by atoms with van der Waals surface area (Å²) in [5.74, 6) is 0.941. The lowest BCUT2D eigenvalue weighted by Gasteiger charge is -2.15. The highest BCUT2D eigenvalue weighted by Gasteiger charge is 2.13. The van der Waals surface area contributed by atoms with Gasteiger partial charge >= 0.3 is 0 Å². The zero-order chi connectivity index (χ0) is 15.4. The van der Waals surface area contributed by atoms with Crippen LogP contribution in [0.1, 0.15) is 29.7 Å².